The molecule has 6 aliphatic rings. The van der Waals surface area contributed by atoms with Crippen LogP contribution >= 0.6 is 34.8 Å². The summed E-state index contributed by atoms with van der Waals surface area (Å²) in [7, 11) is -3.15. The number of H-pyrrole nitrogens is 3. The SMILES string of the molecule is NC(=O)c1[nH]cnc1C(=O)N(CC(F)(F)F)[C@H]1CC[C@H](C(=O)Nc2ccc(F)cc2Cl)CC1.O=C(N[C@H]1CC[C@H](C(=O)Nc2ccc(F)cc2Cl)CC1)c1[nH]cnc1C(=O)N1CC2(CCS2(=O)=O)C1.O=C(N[C@H]1CC[C@H](C(=O)Nc2ccc(F)cc2Cl)CC1)c1[nH]cnc1C(=O)N1CCC1. The minimum Gasteiger partial charge on any atom is -0.364 e. The predicted octanol–water partition coefficient (Wildman–Crippen LogP) is 8.62. The van der Waals surface area contributed by atoms with Crippen molar-refractivity contribution in [1.82, 2.24) is 55.2 Å². The minimum absolute atomic E-state index is 0.0169. The highest BCUT2D eigenvalue weighted by Gasteiger charge is 2.61. The Bertz CT molecular complexity index is 4220. The number of halogens is 9. The van der Waals surface area contributed by atoms with E-state index >= 15 is 0 Å². The second-order valence-electron chi connectivity index (χ2n) is 25.2. The molecular weight excluding hydrogens is 1410 g/mol. The van der Waals surface area contributed by atoms with Crippen molar-refractivity contribution < 1.29 is 77.9 Å². The van der Waals surface area contributed by atoms with Crippen molar-refractivity contribution in [2.45, 2.75) is 119 Å². The van der Waals surface area contributed by atoms with E-state index in [1.54, 1.807) is 4.90 Å². The third kappa shape index (κ3) is 17.4. The van der Waals surface area contributed by atoms with Gasteiger partial charge >= 0.3 is 6.18 Å². The summed E-state index contributed by atoms with van der Waals surface area (Å²) in [6, 6.07) is 9.98. The van der Waals surface area contributed by atoms with Gasteiger partial charge in [-0.15, -0.1) is 0 Å². The largest absolute Gasteiger partial charge is 0.406 e. The second-order valence-corrected chi connectivity index (χ2v) is 29.0. The van der Waals surface area contributed by atoms with Crippen LogP contribution in [0.4, 0.5) is 43.4 Å². The number of hydrogen-bond donors (Lipinski definition) is 9. The first-order valence-electron chi connectivity index (χ1n) is 31.9. The van der Waals surface area contributed by atoms with E-state index < -0.39 is 91.9 Å². The molecule has 3 saturated carbocycles. The lowest BCUT2D eigenvalue weighted by atomic mass is 9.84. The molecule has 0 atom stereocenters. The Morgan fingerprint density at radius 1 is 0.560 bits per heavy atom. The highest BCUT2D eigenvalue weighted by atomic mass is 35.5. The zero-order valence-electron chi connectivity index (χ0n) is 53.1. The fraction of sp³-hybridized carbons (Fsp3) is 0.438. The van der Waals surface area contributed by atoms with Gasteiger partial charge in [-0.1, -0.05) is 34.8 Å². The number of primary amides is 1. The molecule has 0 unspecified atom stereocenters. The van der Waals surface area contributed by atoms with Crippen LogP contribution in [0.2, 0.25) is 15.1 Å². The number of anilines is 3. The Labute approximate surface area is 582 Å². The molecule has 3 aliphatic heterocycles. The van der Waals surface area contributed by atoms with Gasteiger partial charge in [-0.25, -0.2) is 36.5 Å². The number of benzene rings is 3. The van der Waals surface area contributed by atoms with Gasteiger partial charge in [-0.05, 0) is 144 Å². The third-order valence-corrected chi connectivity index (χ3v) is 22.1. The number of likely N-dealkylation sites (tertiary alicyclic amines) is 2. The lowest BCUT2D eigenvalue weighted by Gasteiger charge is -2.54. The van der Waals surface area contributed by atoms with Crippen molar-refractivity contribution in [2.75, 3.05) is 54.4 Å². The quantitative estimate of drug-likeness (QED) is 0.0410. The van der Waals surface area contributed by atoms with Crippen LogP contribution in [0.5, 0.6) is 0 Å². The first kappa shape index (κ1) is 73.6. The zero-order valence-corrected chi connectivity index (χ0v) is 56.2. The second kappa shape index (κ2) is 31.2. The van der Waals surface area contributed by atoms with Gasteiger partial charge in [-0.2, -0.15) is 13.2 Å². The van der Waals surface area contributed by atoms with Crippen molar-refractivity contribution in [3.05, 3.63) is 140 Å². The van der Waals surface area contributed by atoms with Gasteiger partial charge in [0.15, 0.2) is 26.9 Å². The van der Waals surface area contributed by atoms with Crippen molar-refractivity contribution in [3.63, 3.8) is 0 Å². The van der Waals surface area contributed by atoms with E-state index in [9.17, 15) is 77.9 Å². The Hall–Kier alpha value is -9.08. The molecule has 100 heavy (non-hydrogen) atoms. The van der Waals surface area contributed by atoms with E-state index in [1.165, 1.54) is 47.9 Å². The number of aromatic nitrogens is 6. The maximum Gasteiger partial charge on any atom is 0.406 e. The topological polar surface area (TPSA) is 370 Å². The van der Waals surface area contributed by atoms with Crippen LogP contribution in [0.15, 0.2) is 73.6 Å². The Morgan fingerprint density at radius 3 is 1.28 bits per heavy atom. The number of hydrogen-bond acceptors (Lipinski definition) is 14. The van der Waals surface area contributed by atoms with Gasteiger partial charge in [-0.3, -0.25) is 43.2 Å². The first-order chi connectivity index (χ1) is 47.5. The summed E-state index contributed by atoms with van der Waals surface area (Å²) >= 11 is 17.9. The molecule has 9 amide bonds. The van der Waals surface area contributed by atoms with Crippen molar-refractivity contribution >= 4 is 115 Å². The fourth-order valence-electron chi connectivity index (χ4n) is 12.8. The fourth-order valence-corrected chi connectivity index (χ4v) is 15.2. The predicted molar refractivity (Wildman–Crippen MR) is 351 cm³/mol. The standard InChI is InChI=1S/C23H25ClFN5O5S.C21H23ClFN5O3.C20H20ClF4N5O3/c24-16-9-14(25)3-6-17(16)29-20(31)13-1-4-15(5-2-13)28-21(32)18-19(27-12-26-18)22(33)30-10-23(11-30)7-8-36(23,34)35;22-15-10-13(23)4-7-16(15)27-19(29)12-2-5-14(6-3-12)26-20(30)17-18(25-11-24-17)21(31)28-8-1-9-28;21-13-7-11(22)3-6-14(13)29-18(32)10-1-4-12(5-2-10)30(8-20(23,24)25)19(33)16-15(17(26)31)27-9-28-16/h3,6,9,12-13,15H,1-2,4-5,7-8,10-11H2,(H,26,27)(H,28,32)(H,29,31);4,7,10-12,14H,1-3,5-6,8-9H2,(H,24,25)(H,26,30)(H,27,29);3,6-7,9-10,12H,1-2,4-5,8H2,(H2,26,31)(H,27,28)(H,29,32)/t13-,15-;12-,14-;10-,12-. The summed E-state index contributed by atoms with van der Waals surface area (Å²) in [5, 5.41) is 14.2. The van der Waals surface area contributed by atoms with Crippen LogP contribution in [-0.4, -0.2) is 174 Å². The number of sulfone groups is 1. The van der Waals surface area contributed by atoms with E-state index in [1.807, 2.05) is 0 Å². The number of nitrogens with two attached hydrogens (primary N) is 1. The maximum atomic E-state index is 13.2. The molecule has 36 heteroatoms. The molecule has 6 fully saturated rings. The summed E-state index contributed by atoms with van der Waals surface area (Å²) < 4.78 is 102. The first-order valence-corrected chi connectivity index (χ1v) is 34.7. The van der Waals surface area contributed by atoms with Gasteiger partial charge in [0.25, 0.3) is 35.4 Å². The summed E-state index contributed by atoms with van der Waals surface area (Å²) in [6.07, 6.45) is 5.73. The molecule has 6 heterocycles. The van der Waals surface area contributed by atoms with E-state index in [0.717, 1.165) is 37.0 Å². The Kier molecular flexibility index (Phi) is 23.0. The lowest BCUT2D eigenvalue weighted by Crippen LogP contribution is -2.72. The average Bonchev–Trinajstić information content (AvgIpc) is 0.728. The number of rotatable bonds is 16. The highest BCUT2D eigenvalue weighted by molar-refractivity contribution is 7.94. The number of alkyl halides is 3. The molecule has 6 aromatic rings. The molecule has 534 valence electrons. The van der Waals surface area contributed by atoms with Crippen LogP contribution in [0, 0.1) is 35.2 Å². The zero-order chi connectivity index (χ0) is 72.0. The minimum atomic E-state index is -4.69. The molecule has 0 radical (unpaired) electrons. The number of carbonyl (C=O) groups excluding carboxylic acids is 9. The van der Waals surface area contributed by atoms with Crippen LogP contribution < -0.4 is 32.3 Å². The van der Waals surface area contributed by atoms with Gasteiger partial charge in [0, 0.05) is 62.1 Å². The number of nitrogens with zero attached hydrogens (tertiary/aromatic N) is 6. The van der Waals surface area contributed by atoms with Gasteiger partial charge < -0.3 is 62.0 Å². The van der Waals surface area contributed by atoms with Crippen molar-refractivity contribution in [1.29, 1.82) is 0 Å². The maximum absolute atomic E-state index is 13.2. The molecule has 0 bridgehead atoms. The average molecular weight is 1480 g/mol. The number of aromatic amines is 3. The summed E-state index contributed by atoms with van der Waals surface area (Å²) in [4.78, 5) is 136. The lowest BCUT2D eigenvalue weighted by molar-refractivity contribution is -0.146. The molecular formula is C64H68Cl3F6N15O11S. The molecule has 3 aliphatic carbocycles. The summed E-state index contributed by atoms with van der Waals surface area (Å²) in [5.74, 6) is -6.85. The van der Waals surface area contributed by atoms with Crippen LogP contribution in [-0.2, 0) is 24.2 Å². The molecule has 3 aromatic heterocycles. The van der Waals surface area contributed by atoms with Crippen LogP contribution in [0.3, 0.4) is 0 Å². The summed E-state index contributed by atoms with van der Waals surface area (Å²) in [5.41, 5.74) is 5.53. The number of carbonyl (C=O) groups is 9. The number of nitrogens with one attached hydrogen (secondary N) is 8. The molecule has 12 rings (SSSR count). The number of amides is 9. The highest BCUT2D eigenvalue weighted by Crippen LogP contribution is 2.43. The van der Waals surface area contributed by atoms with Crippen LogP contribution in [0.1, 0.15) is 153 Å². The molecule has 1 spiro atoms. The van der Waals surface area contributed by atoms with E-state index in [4.69, 9.17) is 40.5 Å². The molecule has 10 N–H and O–H groups in total. The normalized spacial score (nSPS) is 21.1. The Balaban J connectivity index is 0.000000163. The molecule has 3 aromatic carbocycles. The van der Waals surface area contributed by atoms with E-state index in [0.29, 0.717) is 87.2 Å². The summed E-state index contributed by atoms with van der Waals surface area (Å²) in [6.45, 7) is 0.0716. The van der Waals surface area contributed by atoms with Crippen LogP contribution in [0.25, 0.3) is 0 Å². The number of imidazole rings is 3. The van der Waals surface area contributed by atoms with E-state index in [-0.39, 0.29) is 141 Å². The smallest absolute Gasteiger partial charge is 0.364 e. The Morgan fingerprint density at radius 2 is 0.940 bits per heavy atom. The van der Waals surface area contributed by atoms with Crippen molar-refractivity contribution in [3.8, 4) is 0 Å². The van der Waals surface area contributed by atoms with Gasteiger partial charge in [0.1, 0.15) is 45.8 Å². The molecule has 26 nitrogen and oxygen atoms in total. The van der Waals surface area contributed by atoms with Gasteiger partial charge in [0.05, 0.1) is 56.9 Å². The third-order valence-electron chi connectivity index (χ3n) is 18.7. The monoisotopic (exact) mass is 1470 g/mol. The van der Waals surface area contributed by atoms with Gasteiger partial charge in [0.2, 0.25) is 17.7 Å². The van der Waals surface area contributed by atoms with E-state index in [2.05, 4.69) is 56.5 Å². The molecule has 3 saturated heterocycles. The van der Waals surface area contributed by atoms with Crippen molar-refractivity contribution in [2.24, 2.45) is 23.5 Å².